The number of aryl methyl sites for hydroxylation is 1. The standard InChI is InChI=1S/C14H14N4O3/c1-9-4-2-5-10(8-9)16-14(19)11-6-3-7-12(17-15)13(11)18(20)21/h2-8,17H,15H2,1H3,(H,16,19). The summed E-state index contributed by atoms with van der Waals surface area (Å²) in [6.07, 6.45) is 0. The van der Waals surface area contributed by atoms with E-state index in [1.807, 2.05) is 13.0 Å². The highest BCUT2D eigenvalue weighted by atomic mass is 16.6. The van der Waals surface area contributed by atoms with Crippen LogP contribution in [0, 0.1) is 17.0 Å². The molecular weight excluding hydrogens is 272 g/mol. The third kappa shape index (κ3) is 3.15. The SMILES string of the molecule is Cc1cccc(NC(=O)c2cccc(NN)c2[N+](=O)[O-])c1. The maximum absolute atomic E-state index is 12.2. The largest absolute Gasteiger partial charge is 0.322 e. The van der Waals surface area contributed by atoms with Gasteiger partial charge >= 0.3 is 5.69 Å². The van der Waals surface area contributed by atoms with Crippen molar-refractivity contribution in [3.63, 3.8) is 0 Å². The first-order valence-corrected chi connectivity index (χ1v) is 6.15. The molecule has 0 saturated carbocycles. The molecule has 2 rings (SSSR count). The average molecular weight is 286 g/mol. The Kier molecular flexibility index (Phi) is 4.15. The van der Waals surface area contributed by atoms with Gasteiger partial charge in [0.1, 0.15) is 11.3 Å². The van der Waals surface area contributed by atoms with Gasteiger partial charge in [0.25, 0.3) is 5.91 Å². The van der Waals surface area contributed by atoms with Crippen molar-refractivity contribution in [2.75, 3.05) is 10.7 Å². The lowest BCUT2D eigenvalue weighted by atomic mass is 10.1. The summed E-state index contributed by atoms with van der Waals surface area (Å²) in [6, 6.07) is 11.5. The number of benzene rings is 2. The molecule has 2 aromatic carbocycles. The molecule has 0 radical (unpaired) electrons. The summed E-state index contributed by atoms with van der Waals surface area (Å²) in [5.74, 6) is 4.68. The number of amides is 1. The minimum Gasteiger partial charge on any atom is -0.322 e. The summed E-state index contributed by atoms with van der Waals surface area (Å²) in [6.45, 7) is 1.89. The summed E-state index contributed by atoms with van der Waals surface area (Å²) >= 11 is 0. The van der Waals surface area contributed by atoms with E-state index in [1.165, 1.54) is 18.2 Å². The zero-order valence-electron chi connectivity index (χ0n) is 11.3. The monoisotopic (exact) mass is 286 g/mol. The van der Waals surface area contributed by atoms with Crippen LogP contribution < -0.4 is 16.6 Å². The Morgan fingerprint density at radius 2 is 1.95 bits per heavy atom. The van der Waals surface area contributed by atoms with Crippen molar-refractivity contribution in [2.24, 2.45) is 5.84 Å². The molecule has 0 aliphatic carbocycles. The normalized spacial score (nSPS) is 10.0. The van der Waals surface area contributed by atoms with E-state index in [2.05, 4.69) is 10.7 Å². The zero-order chi connectivity index (χ0) is 15.4. The molecule has 2 aromatic rings. The molecule has 0 bridgehead atoms. The number of carbonyl (C=O) groups excluding carboxylic acids is 1. The van der Waals surface area contributed by atoms with Crippen LogP contribution in [-0.4, -0.2) is 10.8 Å². The maximum atomic E-state index is 12.2. The number of hydrogen-bond acceptors (Lipinski definition) is 5. The van der Waals surface area contributed by atoms with Crippen molar-refractivity contribution in [1.82, 2.24) is 0 Å². The summed E-state index contributed by atoms with van der Waals surface area (Å²) in [5.41, 5.74) is 3.43. The van der Waals surface area contributed by atoms with Crippen LogP contribution in [0.5, 0.6) is 0 Å². The van der Waals surface area contributed by atoms with E-state index < -0.39 is 10.8 Å². The Bertz CT molecular complexity index is 700. The number of para-hydroxylation sites is 1. The van der Waals surface area contributed by atoms with Gasteiger partial charge in [-0.3, -0.25) is 20.8 Å². The average Bonchev–Trinajstić information content (AvgIpc) is 2.46. The predicted molar refractivity (Wildman–Crippen MR) is 80.0 cm³/mol. The summed E-state index contributed by atoms with van der Waals surface area (Å²) in [5, 5.41) is 13.8. The predicted octanol–water partition coefficient (Wildman–Crippen LogP) is 2.44. The van der Waals surface area contributed by atoms with Crippen molar-refractivity contribution in [1.29, 1.82) is 0 Å². The third-order valence-electron chi connectivity index (χ3n) is 2.89. The minimum absolute atomic E-state index is 0.0584. The number of anilines is 2. The van der Waals surface area contributed by atoms with Gasteiger partial charge in [-0.15, -0.1) is 0 Å². The Morgan fingerprint density at radius 1 is 1.24 bits per heavy atom. The number of nitro groups is 1. The van der Waals surface area contributed by atoms with E-state index in [0.717, 1.165) is 5.56 Å². The highest BCUT2D eigenvalue weighted by molar-refractivity contribution is 6.08. The van der Waals surface area contributed by atoms with Crippen LogP contribution in [0.15, 0.2) is 42.5 Å². The van der Waals surface area contributed by atoms with Gasteiger partial charge in [0, 0.05) is 5.69 Å². The molecule has 4 N–H and O–H groups in total. The van der Waals surface area contributed by atoms with Gasteiger partial charge in [-0.25, -0.2) is 0 Å². The fourth-order valence-corrected chi connectivity index (χ4v) is 1.96. The number of nitrogens with zero attached hydrogens (tertiary/aromatic N) is 1. The number of nitrogen functional groups attached to an aromatic ring is 1. The molecule has 0 unspecified atom stereocenters. The van der Waals surface area contributed by atoms with Crippen LogP contribution >= 0.6 is 0 Å². The fraction of sp³-hybridized carbons (Fsp3) is 0.0714. The molecular formula is C14H14N4O3. The third-order valence-corrected chi connectivity index (χ3v) is 2.89. The lowest BCUT2D eigenvalue weighted by Gasteiger charge is -2.08. The Morgan fingerprint density at radius 3 is 2.57 bits per heavy atom. The van der Waals surface area contributed by atoms with Gasteiger partial charge in [0.05, 0.1) is 4.92 Å². The Hall–Kier alpha value is -2.93. The van der Waals surface area contributed by atoms with Crippen LogP contribution in [0.3, 0.4) is 0 Å². The highest BCUT2D eigenvalue weighted by Crippen LogP contribution is 2.28. The zero-order valence-corrected chi connectivity index (χ0v) is 11.3. The summed E-state index contributed by atoms with van der Waals surface area (Å²) in [4.78, 5) is 22.7. The van der Waals surface area contributed by atoms with Gasteiger partial charge in [0.15, 0.2) is 0 Å². The highest BCUT2D eigenvalue weighted by Gasteiger charge is 2.24. The first kappa shape index (κ1) is 14.5. The topological polar surface area (TPSA) is 110 Å². The Labute approximate surface area is 120 Å². The maximum Gasteiger partial charge on any atom is 0.306 e. The van der Waals surface area contributed by atoms with Gasteiger partial charge in [-0.1, -0.05) is 18.2 Å². The van der Waals surface area contributed by atoms with Crippen LogP contribution in [0.4, 0.5) is 17.1 Å². The fourth-order valence-electron chi connectivity index (χ4n) is 1.96. The molecule has 0 saturated heterocycles. The van der Waals surface area contributed by atoms with Crippen molar-refractivity contribution in [2.45, 2.75) is 6.92 Å². The number of rotatable bonds is 4. The summed E-state index contributed by atoms with van der Waals surface area (Å²) in [7, 11) is 0. The number of carbonyl (C=O) groups is 1. The number of hydrazine groups is 1. The second kappa shape index (κ2) is 6.02. The molecule has 0 aromatic heterocycles. The number of nitrogens with one attached hydrogen (secondary N) is 2. The molecule has 21 heavy (non-hydrogen) atoms. The number of nitrogens with two attached hydrogens (primary N) is 1. The smallest absolute Gasteiger partial charge is 0.306 e. The number of nitro benzene ring substituents is 1. The van der Waals surface area contributed by atoms with Gasteiger partial charge in [-0.05, 0) is 36.8 Å². The van der Waals surface area contributed by atoms with Crippen LogP contribution in [0.2, 0.25) is 0 Å². The van der Waals surface area contributed by atoms with E-state index in [1.54, 1.807) is 18.2 Å². The first-order chi connectivity index (χ1) is 10.0. The van der Waals surface area contributed by atoms with Gasteiger partial charge < -0.3 is 10.7 Å². The van der Waals surface area contributed by atoms with Crippen molar-refractivity contribution in [3.8, 4) is 0 Å². The van der Waals surface area contributed by atoms with E-state index in [0.29, 0.717) is 5.69 Å². The van der Waals surface area contributed by atoms with Crippen LogP contribution in [0.25, 0.3) is 0 Å². The Balaban J connectivity index is 2.37. The first-order valence-electron chi connectivity index (χ1n) is 6.15. The molecule has 7 nitrogen and oxygen atoms in total. The second-order valence-electron chi connectivity index (χ2n) is 4.43. The molecule has 0 spiro atoms. The van der Waals surface area contributed by atoms with E-state index >= 15 is 0 Å². The second-order valence-corrected chi connectivity index (χ2v) is 4.43. The van der Waals surface area contributed by atoms with Crippen molar-refractivity contribution < 1.29 is 9.72 Å². The summed E-state index contributed by atoms with van der Waals surface area (Å²) < 4.78 is 0. The minimum atomic E-state index is -0.639. The molecule has 0 heterocycles. The molecule has 7 heteroatoms. The quantitative estimate of drug-likeness (QED) is 0.454. The molecule has 0 atom stereocenters. The van der Waals surface area contributed by atoms with Crippen LogP contribution in [-0.2, 0) is 0 Å². The molecule has 1 amide bonds. The van der Waals surface area contributed by atoms with Gasteiger partial charge in [-0.2, -0.15) is 0 Å². The molecule has 108 valence electrons. The van der Waals surface area contributed by atoms with Gasteiger partial charge in [0.2, 0.25) is 0 Å². The van der Waals surface area contributed by atoms with Crippen molar-refractivity contribution >= 4 is 23.0 Å². The lowest BCUT2D eigenvalue weighted by Crippen LogP contribution is -2.16. The van der Waals surface area contributed by atoms with E-state index in [9.17, 15) is 14.9 Å². The van der Waals surface area contributed by atoms with Crippen molar-refractivity contribution in [3.05, 3.63) is 63.7 Å². The van der Waals surface area contributed by atoms with E-state index in [-0.39, 0.29) is 16.9 Å². The molecule has 0 fully saturated rings. The number of hydrogen-bond donors (Lipinski definition) is 3. The van der Waals surface area contributed by atoms with E-state index in [4.69, 9.17) is 5.84 Å². The molecule has 0 aliphatic rings. The molecule has 0 aliphatic heterocycles. The van der Waals surface area contributed by atoms with Crippen LogP contribution in [0.1, 0.15) is 15.9 Å². The lowest BCUT2D eigenvalue weighted by molar-refractivity contribution is -0.384.